The molecule has 1 saturated heterocycles. The highest BCUT2D eigenvalue weighted by Gasteiger charge is 2.27. The molecule has 0 aliphatic carbocycles. The molecule has 0 aromatic rings. The van der Waals surface area contributed by atoms with Crippen LogP contribution in [0.1, 0.15) is 47.5 Å². The lowest BCUT2D eigenvalue weighted by Crippen LogP contribution is -2.49. The third-order valence-corrected chi connectivity index (χ3v) is 2.89. The number of likely N-dealkylation sites (tertiary alicyclic amines) is 1. The number of ether oxygens (including phenoxy) is 1. The molecule has 0 aromatic heterocycles. The van der Waals surface area contributed by atoms with Crippen LogP contribution < -0.4 is 5.32 Å². The van der Waals surface area contributed by atoms with Gasteiger partial charge in [0.25, 0.3) is 0 Å². The van der Waals surface area contributed by atoms with Crippen molar-refractivity contribution in [1.82, 2.24) is 10.2 Å². The first kappa shape index (κ1) is 15.3. The molecule has 0 spiro atoms. The summed E-state index contributed by atoms with van der Waals surface area (Å²) in [7, 11) is 0. The molecule has 106 valence electrons. The Morgan fingerprint density at radius 3 is 2.67 bits per heavy atom. The number of nitrogens with one attached hydrogen (secondary N) is 1. The van der Waals surface area contributed by atoms with Crippen molar-refractivity contribution in [3.8, 4) is 0 Å². The predicted octanol–water partition coefficient (Wildman–Crippen LogP) is 2.63. The van der Waals surface area contributed by atoms with E-state index in [-0.39, 0.29) is 6.09 Å². The molecule has 1 aliphatic heterocycles. The Morgan fingerprint density at radius 2 is 2.11 bits per heavy atom. The van der Waals surface area contributed by atoms with Crippen LogP contribution in [0.5, 0.6) is 0 Å². The first-order valence-corrected chi connectivity index (χ1v) is 6.99. The van der Waals surface area contributed by atoms with Crippen LogP contribution in [-0.2, 0) is 4.74 Å². The lowest BCUT2D eigenvalue weighted by atomic mass is 10.1. The Morgan fingerprint density at radius 1 is 1.44 bits per heavy atom. The van der Waals surface area contributed by atoms with Gasteiger partial charge in [-0.3, -0.25) is 0 Å². The van der Waals surface area contributed by atoms with Crippen molar-refractivity contribution in [1.29, 1.82) is 0 Å². The number of amides is 1. The predicted molar refractivity (Wildman–Crippen MR) is 73.7 cm³/mol. The van der Waals surface area contributed by atoms with E-state index in [1.54, 1.807) is 0 Å². The highest BCUT2D eigenvalue weighted by atomic mass is 16.6. The number of piperidine rings is 1. The van der Waals surface area contributed by atoms with Gasteiger partial charge in [0.05, 0.1) is 0 Å². The largest absolute Gasteiger partial charge is 0.444 e. The molecule has 0 radical (unpaired) electrons. The summed E-state index contributed by atoms with van der Waals surface area (Å²) in [6.07, 6.45) is 2.01. The fourth-order valence-corrected chi connectivity index (χ4v) is 2.04. The summed E-state index contributed by atoms with van der Waals surface area (Å²) in [6.45, 7) is 12.7. The molecule has 1 amide bonds. The quantitative estimate of drug-likeness (QED) is 0.844. The summed E-state index contributed by atoms with van der Waals surface area (Å²) < 4.78 is 5.41. The highest BCUT2D eigenvalue weighted by molar-refractivity contribution is 5.68. The van der Waals surface area contributed by atoms with E-state index in [4.69, 9.17) is 4.74 Å². The van der Waals surface area contributed by atoms with Crippen LogP contribution >= 0.6 is 0 Å². The molecule has 4 heteroatoms. The summed E-state index contributed by atoms with van der Waals surface area (Å²) in [5.41, 5.74) is -0.407. The van der Waals surface area contributed by atoms with E-state index in [1.165, 1.54) is 0 Å². The molecule has 1 atom stereocenters. The maximum Gasteiger partial charge on any atom is 0.410 e. The molecule has 1 N–H and O–H groups in total. The minimum Gasteiger partial charge on any atom is -0.444 e. The zero-order valence-electron chi connectivity index (χ0n) is 12.5. The Labute approximate surface area is 111 Å². The van der Waals surface area contributed by atoms with Gasteiger partial charge in [-0.1, -0.05) is 13.8 Å². The molecule has 1 fully saturated rings. The van der Waals surface area contributed by atoms with Crippen LogP contribution in [-0.4, -0.2) is 42.3 Å². The standard InChI is InChI=1S/C14H28N2O2/c1-11(2)9-15-12-7-6-8-16(10-12)13(17)18-14(3,4)5/h11-12,15H,6-10H2,1-5H3/t12-/m1/s1. The fraction of sp³-hybridized carbons (Fsp3) is 0.929. The van der Waals surface area contributed by atoms with Crippen LogP contribution in [0.15, 0.2) is 0 Å². The second kappa shape index (κ2) is 6.41. The van der Waals surface area contributed by atoms with Gasteiger partial charge in [0.2, 0.25) is 0 Å². The molecule has 1 heterocycles. The summed E-state index contributed by atoms with van der Waals surface area (Å²) >= 11 is 0. The number of nitrogens with zero attached hydrogens (tertiary/aromatic N) is 1. The van der Waals surface area contributed by atoms with Gasteiger partial charge in [-0.2, -0.15) is 0 Å². The van der Waals surface area contributed by atoms with E-state index in [2.05, 4.69) is 19.2 Å². The molecule has 1 aliphatic rings. The SMILES string of the molecule is CC(C)CN[C@@H]1CCCN(C(=O)OC(C)(C)C)C1. The Kier molecular flexibility index (Phi) is 5.45. The van der Waals surface area contributed by atoms with Crippen LogP contribution in [0.25, 0.3) is 0 Å². The van der Waals surface area contributed by atoms with Crippen molar-refractivity contribution in [2.24, 2.45) is 5.92 Å². The van der Waals surface area contributed by atoms with E-state index < -0.39 is 5.60 Å². The maximum atomic E-state index is 12.0. The van der Waals surface area contributed by atoms with Gasteiger partial charge in [-0.15, -0.1) is 0 Å². The third-order valence-electron chi connectivity index (χ3n) is 2.89. The van der Waals surface area contributed by atoms with Crippen LogP contribution in [0.4, 0.5) is 4.79 Å². The Bertz CT molecular complexity index is 271. The van der Waals surface area contributed by atoms with Gasteiger partial charge >= 0.3 is 6.09 Å². The average molecular weight is 256 g/mol. The third kappa shape index (κ3) is 5.71. The minimum absolute atomic E-state index is 0.182. The van der Waals surface area contributed by atoms with Gasteiger partial charge < -0.3 is 15.0 Å². The topological polar surface area (TPSA) is 41.6 Å². The Balaban J connectivity index is 2.40. The minimum atomic E-state index is -0.407. The molecule has 0 aromatic carbocycles. The van der Waals surface area contributed by atoms with Crippen molar-refractivity contribution in [2.75, 3.05) is 19.6 Å². The van der Waals surface area contributed by atoms with E-state index in [0.29, 0.717) is 12.0 Å². The van der Waals surface area contributed by atoms with E-state index in [0.717, 1.165) is 32.5 Å². The number of hydrogen-bond acceptors (Lipinski definition) is 3. The molecule has 4 nitrogen and oxygen atoms in total. The summed E-state index contributed by atoms with van der Waals surface area (Å²) in [6, 6.07) is 0.411. The molecule has 18 heavy (non-hydrogen) atoms. The number of carbonyl (C=O) groups excluding carboxylic acids is 1. The first-order chi connectivity index (χ1) is 8.28. The summed E-state index contributed by atoms with van der Waals surface area (Å²) in [5.74, 6) is 0.641. The molecule has 0 saturated carbocycles. The molecule has 0 bridgehead atoms. The van der Waals surface area contributed by atoms with Crippen molar-refractivity contribution >= 4 is 6.09 Å². The molecular weight excluding hydrogens is 228 g/mol. The monoisotopic (exact) mass is 256 g/mol. The maximum absolute atomic E-state index is 12.0. The van der Waals surface area contributed by atoms with E-state index in [9.17, 15) is 4.79 Å². The van der Waals surface area contributed by atoms with Crippen molar-refractivity contribution < 1.29 is 9.53 Å². The van der Waals surface area contributed by atoms with E-state index in [1.807, 2.05) is 25.7 Å². The van der Waals surface area contributed by atoms with Crippen LogP contribution in [0, 0.1) is 5.92 Å². The molecule has 1 rings (SSSR count). The molecule has 0 unspecified atom stereocenters. The van der Waals surface area contributed by atoms with Gasteiger partial charge in [-0.25, -0.2) is 4.79 Å². The Hall–Kier alpha value is -0.770. The van der Waals surface area contributed by atoms with Gasteiger partial charge in [-0.05, 0) is 46.1 Å². The van der Waals surface area contributed by atoms with E-state index >= 15 is 0 Å². The average Bonchev–Trinajstić information content (AvgIpc) is 2.24. The van der Waals surface area contributed by atoms with Crippen molar-refractivity contribution in [3.63, 3.8) is 0 Å². The smallest absolute Gasteiger partial charge is 0.410 e. The lowest BCUT2D eigenvalue weighted by Gasteiger charge is -2.34. The number of hydrogen-bond donors (Lipinski definition) is 1. The zero-order valence-corrected chi connectivity index (χ0v) is 12.5. The zero-order chi connectivity index (χ0) is 13.8. The van der Waals surface area contributed by atoms with Gasteiger partial charge in [0.1, 0.15) is 5.60 Å². The second-order valence-electron chi connectivity index (χ2n) is 6.57. The van der Waals surface area contributed by atoms with Gasteiger partial charge in [0, 0.05) is 19.1 Å². The number of carbonyl (C=O) groups is 1. The number of rotatable bonds is 3. The normalized spacial score (nSPS) is 21.2. The molecular formula is C14H28N2O2. The van der Waals surface area contributed by atoms with Gasteiger partial charge in [0.15, 0.2) is 0 Å². The lowest BCUT2D eigenvalue weighted by molar-refractivity contribution is 0.0187. The van der Waals surface area contributed by atoms with Crippen molar-refractivity contribution in [2.45, 2.75) is 59.1 Å². The summed E-state index contributed by atoms with van der Waals surface area (Å²) in [4.78, 5) is 13.8. The van der Waals surface area contributed by atoms with Crippen molar-refractivity contribution in [3.05, 3.63) is 0 Å². The van der Waals surface area contributed by atoms with Crippen LogP contribution in [0.2, 0.25) is 0 Å². The second-order valence-corrected chi connectivity index (χ2v) is 6.57. The summed E-state index contributed by atoms with van der Waals surface area (Å²) in [5, 5.41) is 3.52. The fourth-order valence-electron chi connectivity index (χ4n) is 2.04. The highest BCUT2D eigenvalue weighted by Crippen LogP contribution is 2.15. The van der Waals surface area contributed by atoms with Crippen LogP contribution in [0.3, 0.4) is 0 Å². The first-order valence-electron chi connectivity index (χ1n) is 6.99.